The van der Waals surface area contributed by atoms with Gasteiger partial charge in [0, 0.05) is 0 Å². The van der Waals surface area contributed by atoms with Crippen molar-refractivity contribution in [3.05, 3.63) is 36.2 Å². The second-order valence-electron chi connectivity index (χ2n) is 4.26. The zero-order valence-electron chi connectivity index (χ0n) is 10.3. The van der Waals surface area contributed by atoms with E-state index in [-0.39, 0.29) is 12.5 Å². The van der Waals surface area contributed by atoms with Crippen molar-refractivity contribution in [2.24, 2.45) is 0 Å². The molecule has 3 rings (SSSR count). The highest BCUT2D eigenvalue weighted by Crippen LogP contribution is 2.31. The average Bonchev–Trinajstić information content (AvgIpc) is 2.84. The maximum Gasteiger partial charge on any atom is 0.269 e. The van der Waals surface area contributed by atoms with Crippen LogP contribution in [0.4, 0.5) is 5.69 Å². The normalized spacial score (nSPS) is 17.0. The highest BCUT2D eigenvalue weighted by atomic mass is 16.6. The van der Waals surface area contributed by atoms with E-state index >= 15 is 0 Å². The monoisotopic (exact) mass is 259 g/mol. The van der Waals surface area contributed by atoms with Gasteiger partial charge in [-0.2, -0.15) is 5.10 Å². The van der Waals surface area contributed by atoms with Crippen LogP contribution in [0.3, 0.4) is 0 Å². The van der Waals surface area contributed by atoms with E-state index in [1.54, 1.807) is 12.3 Å². The molecule has 19 heavy (non-hydrogen) atoms. The molecule has 1 aromatic carbocycles. The molecule has 2 aromatic rings. The predicted molar refractivity (Wildman–Crippen MR) is 68.3 cm³/mol. The van der Waals surface area contributed by atoms with E-state index in [9.17, 15) is 4.79 Å². The molecule has 0 radical (unpaired) electrons. The minimum Gasteiger partial charge on any atom is -0.485 e. The van der Waals surface area contributed by atoms with Crippen LogP contribution in [-0.2, 0) is 4.79 Å². The molecule has 0 fully saturated rings. The van der Waals surface area contributed by atoms with E-state index < -0.39 is 6.10 Å². The molecule has 0 saturated carbocycles. The van der Waals surface area contributed by atoms with Crippen LogP contribution < -0.4 is 14.8 Å². The number of aromatic nitrogens is 2. The fourth-order valence-corrected chi connectivity index (χ4v) is 1.84. The molecule has 0 spiro atoms. The number of carbonyl (C=O) groups excluding carboxylic acids is 1. The van der Waals surface area contributed by atoms with Crippen molar-refractivity contribution in [2.45, 2.75) is 13.0 Å². The number of ether oxygens (including phenoxy) is 2. The smallest absolute Gasteiger partial charge is 0.269 e. The number of H-pyrrole nitrogens is 1. The quantitative estimate of drug-likeness (QED) is 0.856. The first-order chi connectivity index (χ1) is 9.24. The number of aromatic amines is 1. The van der Waals surface area contributed by atoms with Gasteiger partial charge in [0.1, 0.15) is 6.61 Å². The summed E-state index contributed by atoms with van der Waals surface area (Å²) in [6, 6.07) is 7.28. The Bertz CT molecular complexity index is 609. The maximum absolute atomic E-state index is 12.1. The fraction of sp³-hybridized carbons (Fsp3) is 0.231. The molecule has 1 amide bonds. The maximum atomic E-state index is 12.1. The van der Waals surface area contributed by atoms with Crippen molar-refractivity contribution >= 4 is 11.6 Å². The van der Waals surface area contributed by atoms with Crippen molar-refractivity contribution in [3.8, 4) is 11.5 Å². The summed E-state index contributed by atoms with van der Waals surface area (Å²) < 4.78 is 11.1. The SMILES string of the molecule is Cc1[nH]ncc1NC(=O)C1COc2ccccc2O1. The van der Waals surface area contributed by atoms with Gasteiger partial charge in [-0.25, -0.2) is 0 Å². The molecule has 98 valence electrons. The van der Waals surface area contributed by atoms with E-state index in [0.717, 1.165) is 5.69 Å². The summed E-state index contributed by atoms with van der Waals surface area (Å²) in [6.45, 7) is 2.02. The predicted octanol–water partition coefficient (Wildman–Crippen LogP) is 1.50. The second-order valence-corrected chi connectivity index (χ2v) is 4.26. The lowest BCUT2D eigenvalue weighted by Gasteiger charge is -2.25. The number of rotatable bonds is 2. The van der Waals surface area contributed by atoms with E-state index in [4.69, 9.17) is 9.47 Å². The van der Waals surface area contributed by atoms with Gasteiger partial charge in [-0.05, 0) is 19.1 Å². The van der Waals surface area contributed by atoms with E-state index in [1.165, 1.54) is 0 Å². The molecular weight excluding hydrogens is 246 g/mol. The Balaban J connectivity index is 1.71. The molecule has 1 atom stereocenters. The third kappa shape index (κ3) is 2.24. The van der Waals surface area contributed by atoms with Crippen LogP contribution in [0.1, 0.15) is 5.69 Å². The molecule has 0 bridgehead atoms. The van der Waals surface area contributed by atoms with Gasteiger partial charge < -0.3 is 14.8 Å². The summed E-state index contributed by atoms with van der Waals surface area (Å²) >= 11 is 0. The number of aryl methyl sites for hydroxylation is 1. The summed E-state index contributed by atoms with van der Waals surface area (Å²) in [6.07, 6.45) is 0.898. The summed E-state index contributed by atoms with van der Waals surface area (Å²) in [7, 11) is 0. The number of nitrogens with zero attached hydrogens (tertiary/aromatic N) is 1. The van der Waals surface area contributed by atoms with Crippen molar-refractivity contribution in [1.82, 2.24) is 10.2 Å². The Hall–Kier alpha value is -2.50. The Labute approximate surface area is 109 Å². The molecular formula is C13H13N3O3. The highest BCUT2D eigenvalue weighted by Gasteiger charge is 2.27. The minimum atomic E-state index is -0.663. The Morgan fingerprint density at radius 1 is 1.42 bits per heavy atom. The van der Waals surface area contributed by atoms with Gasteiger partial charge in [0.25, 0.3) is 5.91 Å². The van der Waals surface area contributed by atoms with Gasteiger partial charge in [0.15, 0.2) is 11.5 Å². The summed E-state index contributed by atoms with van der Waals surface area (Å²) in [5.41, 5.74) is 1.44. The lowest BCUT2D eigenvalue weighted by molar-refractivity contribution is -0.125. The standard InChI is InChI=1S/C13H13N3O3/c1-8-9(6-14-16-8)15-13(17)12-7-18-10-4-2-3-5-11(10)19-12/h2-6,12H,7H2,1H3,(H,14,16)(H,15,17). The van der Waals surface area contributed by atoms with Gasteiger partial charge >= 0.3 is 0 Å². The lowest BCUT2D eigenvalue weighted by Crippen LogP contribution is -2.40. The van der Waals surface area contributed by atoms with Crippen LogP contribution in [-0.4, -0.2) is 28.8 Å². The number of amides is 1. The van der Waals surface area contributed by atoms with E-state index in [1.807, 2.05) is 25.1 Å². The van der Waals surface area contributed by atoms with Gasteiger partial charge in [-0.15, -0.1) is 0 Å². The second kappa shape index (κ2) is 4.64. The lowest BCUT2D eigenvalue weighted by atomic mass is 10.2. The van der Waals surface area contributed by atoms with Crippen LogP contribution in [0.15, 0.2) is 30.5 Å². The molecule has 0 saturated heterocycles. The van der Waals surface area contributed by atoms with Crippen molar-refractivity contribution in [1.29, 1.82) is 0 Å². The number of hydrogen-bond donors (Lipinski definition) is 2. The summed E-state index contributed by atoms with van der Waals surface area (Å²) in [4.78, 5) is 12.1. The molecule has 1 unspecified atom stereocenters. The van der Waals surface area contributed by atoms with Gasteiger partial charge in [0.05, 0.1) is 17.6 Å². The number of benzene rings is 1. The van der Waals surface area contributed by atoms with Crippen LogP contribution in [0.5, 0.6) is 11.5 Å². The van der Waals surface area contributed by atoms with Gasteiger partial charge in [-0.3, -0.25) is 9.89 Å². The first-order valence-corrected chi connectivity index (χ1v) is 5.93. The topological polar surface area (TPSA) is 76.2 Å². The van der Waals surface area contributed by atoms with Gasteiger partial charge in [-0.1, -0.05) is 12.1 Å². The van der Waals surface area contributed by atoms with Crippen LogP contribution >= 0.6 is 0 Å². The molecule has 2 heterocycles. The number of para-hydroxylation sites is 2. The number of fused-ring (bicyclic) bond motifs is 1. The molecule has 1 aliphatic heterocycles. The van der Waals surface area contributed by atoms with Crippen LogP contribution in [0, 0.1) is 6.92 Å². The number of anilines is 1. The van der Waals surface area contributed by atoms with E-state index in [2.05, 4.69) is 15.5 Å². The largest absolute Gasteiger partial charge is 0.485 e. The number of carbonyl (C=O) groups is 1. The highest BCUT2D eigenvalue weighted by molar-refractivity contribution is 5.95. The van der Waals surface area contributed by atoms with Crippen molar-refractivity contribution in [2.75, 3.05) is 11.9 Å². The van der Waals surface area contributed by atoms with Gasteiger partial charge in [0.2, 0.25) is 6.10 Å². The molecule has 1 aliphatic rings. The average molecular weight is 259 g/mol. The third-order valence-electron chi connectivity index (χ3n) is 2.89. The third-order valence-corrected chi connectivity index (χ3v) is 2.89. The number of nitrogens with one attached hydrogen (secondary N) is 2. The van der Waals surface area contributed by atoms with Crippen molar-refractivity contribution in [3.63, 3.8) is 0 Å². The van der Waals surface area contributed by atoms with Crippen LogP contribution in [0.25, 0.3) is 0 Å². The molecule has 6 nitrogen and oxygen atoms in total. The molecule has 6 heteroatoms. The Kier molecular flexibility index (Phi) is 2.83. The first kappa shape index (κ1) is 11.6. The molecule has 2 N–H and O–H groups in total. The number of hydrogen-bond acceptors (Lipinski definition) is 4. The summed E-state index contributed by atoms with van der Waals surface area (Å²) in [5.74, 6) is 0.989. The van der Waals surface area contributed by atoms with Crippen LogP contribution in [0.2, 0.25) is 0 Å². The molecule has 1 aromatic heterocycles. The Morgan fingerprint density at radius 2 is 2.21 bits per heavy atom. The molecule has 0 aliphatic carbocycles. The zero-order chi connectivity index (χ0) is 13.2. The van der Waals surface area contributed by atoms with E-state index in [0.29, 0.717) is 17.2 Å². The van der Waals surface area contributed by atoms with Crippen molar-refractivity contribution < 1.29 is 14.3 Å². The minimum absolute atomic E-state index is 0.194. The summed E-state index contributed by atoms with van der Waals surface area (Å²) in [5, 5.41) is 9.35. The first-order valence-electron chi connectivity index (χ1n) is 5.93. The fourth-order valence-electron chi connectivity index (χ4n) is 1.84. The Morgan fingerprint density at radius 3 is 2.95 bits per heavy atom. The zero-order valence-corrected chi connectivity index (χ0v) is 10.3.